The van der Waals surface area contributed by atoms with Crippen LogP contribution >= 0.6 is 0 Å². The predicted molar refractivity (Wildman–Crippen MR) is 145 cm³/mol. The average molecular weight is 774 g/mol. The molecule has 0 atom stereocenters. The summed E-state index contributed by atoms with van der Waals surface area (Å²) in [5.74, 6) is -2.63. The number of hydrogen-bond donors (Lipinski definition) is 6. The number of azo groups is 2. The SMILES string of the molecule is O=S(=O)([O-])c1cc2cc(S(=O)(=O)[O-])c(N=Nc3ccccc3[As](=O)(O)O)c(O)c2c(O)c1N=Nc1ccccc1[As](=O)(O)O. The summed E-state index contributed by atoms with van der Waals surface area (Å²) in [4.78, 5) is -2.66. The first-order valence-corrected chi connectivity index (χ1v) is 20.9. The molecule has 0 amide bonds. The van der Waals surface area contributed by atoms with Gasteiger partial charge in [0.15, 0.2) is 0 Å². The molecule has 22 heteroatoms. The summed E-state index contributed by atoms with van der Waals surface area (Å²) in [5, 5.41) is 34.5. The molecule has 18 nitrogen and oxygen atoms in total. The summed E-state index contributed by atoms with van der Waals surface area (Å²) in [6.07, 6.45) is 0. The van der Waals surface area contributed by atoms with Gasteiger partial charge in [-0.1, -0.05) is 0 Å². The fraction of sp³-hybridized carbons (Fsp3) is 0. The van der Waals surface area contributed by atoms with Crippen molar-refractivity contribution in [2.75, 3.05) is 0 Å². The molecule has 0 unspecified atom stereocenters. The van der Waals surface area contributed by atoms with E-state index in [0.717, 1.165) is 24.3 Å². The number of rotatable bonds is 8. The molecule has 0 heterocycles. The summed E-state index contributed by atoms with van der Waals surface area (Å²) in [7, 11) is -11.1. The van der Waals surface area contributed by atoms with Gasteiger partial charge < -0.3 is 0 Å². The number of fused-ring (bicyclic) bond motifs is 1. The molecule has 4 rings (SSSR count). The monoisotopic (exact) mass is 774 g/mol. The first kappa shape index (κ1) is 33.2. The normalized spacial score (nSPS) is 13.3. The second-order valence-corrected chi connectivity index (χ2v) is 17.9. The van der Waals surface area contributed by atoms with Gasteiger partial charge in [-0.05, 0) is 0 Å². The first-order valence-electron chi connectivity index (χ1n) is 11.3. The van der Waals surface area contributed by atoms with Crippen molar-refractivity contribution < 1.29 is 60.0 Å². The van der Waals surface area contributed by atoms with Gasteiger partial charge in [-0.3, -0.25) is 0 Å². The van der Waals surface area contributed by atoms with Gasteiger partial charge in [-0.25, -0.2) is 0 Å². The third-order valence-electron chi connectivity index (χ3n) is 5.70. The van der Waals surface area contributed by atoms with Crippen molar-refractivity contribution in [3.05, 3.63) is 60.7 Å². The molecule has 0 bridgehead atoms. The van der Waals surface area contributed by atoms with Gasteiger partial charge in [-0.15, -0.1) is 0 Å². The van der Waals surface area contributed by atoms with Crippen LogP contribution in [-0.4, -0.2) is 80.9 Å². The summed E-state index contributed by atoms with van der Waals surface area (Å²) in [6, 6.07) is 10.1. The molecule has 6 N–H and O–H groups in total. The van der Waals surface area contributed by atoms with E-state index in [1.54, 1.807) is 0 Å². The fourth-order valence-electron chi connectivity index (χ4n) is 3.83. The molecule has 0 aliphatic heterocycles. The van der Waals surface area contributed by atoms with Gasteiger partial charge >= 0.3 is 253 Å². The van der Waals surface area contributed by atoms with E-state index in [-0.39, 0.29) is 0 Å². The van der Waals surface area contributed by atoms with Crippen molar-refractivity contribution in [3.8, 4) is 11.5 Å². The zero-order chi connectivity index (χ0) is 32.8. The molecule has 0 aliphatic carbocycles. The molecule has 0 fully saturated rings. The molecule has 232 valence electrons. The zero-order valence-corrected chi connectivity index (χ0v) is 26.6. The minimum absolute atomic E-state index is 0.450. The van der Waals surface area contributed by atoms with Crippen molar-refractivity contribution >= 4 is 90.8 Å². The molecule has 0 aliphatic rings. The Kier molecular flexibility index (Phi) is 8.81. The molecular weight excluding hydrogens is 758 g/mol. The van der Waals surface area contributed by atoms with E-state index in [2.05, 4.69) is 20.5 Å². The Bertz CT molecular complexity index is 2060. The fourth-order valence-corrected chi connectivity index (χ4v) is 8.05. The summed E-state index contributed by atoms with van der Waals surface area (Å²) < 4.78 is 133. The number of hydrogen-bond acceptors (Lipinski definition) is 14. The van der Waals surface area contributed by atoms with Gasteiger partial charge in [0.2, 0.25) is 0 Å². The van der Waals surface area contributed by atoms with E-state index in [1.807, 2.05) is 0 Å². The van der Waals surface area contributed by atoms with E-state index >= 15 is 0 Å². The number of phenols is 2. The first-order chi connectivity index (χ1) is 20.2. The van der Waals surface area contributed by atoms with Gasteiger partial charge in [0.1, 0.15) is 0 Å². The maximum absolute atomic E-state index is 12.1. The van der Waals surface area contributed by atoms with Gasteiger partial charge in [0, 0.05) is 0 Å². The van der Waals surface area contributed by atoms with Crippen LogP contribution in [0.2, 0.25) is 0 Å². The Morgan fingerprint density at radius 1 is 0.591 bits per heavy atom. The van der Waals surface area contributed by atoms with Crippen LogP contribution in [0.25, 0.3) is 10.8 Å². The topological polar surface area (TPSA) is 319 Å². The van der Waals surface area contributed by atoms with Crippen molar-refractivity contribution in [2.45, 2.75) is 9.79 Å². The number of aromatic hydroxyl groups is 2. The van der Waals surface area contributed by atoms with Crippen LogP contribution in [0.15, 0.2) is 90.9 Å². The van der Waals surface area contributed by atoms with Crippen LogP contribution in [0.4, 0.5) is 22.7 Å². The van der Waals surface area contributed by atoms with E-state index < -0.39 is 112 Å². The average Bonchev–Trinajstić information content (AvgIpc) is 2.89. The second-order valence-electron chi connectivity index (χ2n) is 8.62. The molecule has 0 radical (unpaired) electrons. The van der Waals surface area contributed by atoms with Crippen LogP contribution in [0.5, 0.6) is 11.5 Å². The van der Waals surface area contributed by atoms with E-state index in [4.69, 9.17) is 0 Å². The number of nitrogens with zero attached hydrogens (tertiary/aromatic N) is 4. The third-order valence-corrected chi connectivity index (χ3v) is 11.6. The second kappa shape index (κ2) is 11.7. The molecule has 0 saturated carbocycles. The molecular formula is C22H16As2N4O14S2-2. The quantitative estimate of drug-likeness (QED) is 0.0781. The zero-order valence-electron chi connectivity index (χ0n) is 21.2. The minimum atomic E-state index is -5.63. The van der Waals surface area contributed by atoms with Crippen LogP contribution < -0.4 is 8.70 Å². The molecule has 0 spiro atoms. The Labute approximate surface area is 252 Å². The van der Waals surface area contributed by atoms with Gasteiger partial charge in [0.05, 0.1) is 0 Å². The number of phenolic OH excluding ortho intramolecular Hbond substituents is 2. The molecule has 4 aromatic rings. The van der Waals surface area contributed by atoms with Crippen LogP contribution in [-0.2, 0) is 27.7 Å². The van der Waals surface area contributed by atoms with E-state index in [1.165, 1.54) is 24.3 Å². The Morgan fingerprint density at radius 3 is 1.25 bits per heavy atom. The summed E-state index contributed by atoms with van der Waals surface area (Å²) in [6.45, 7) is 0. The van der Waals surface area contributed by atoms with Crippen molar-refractivity contribution in [1.29, 1.82) is 0 Å². The molecule has 0 saturated heterocycles. The summed E-state index contributed by atoms with van der Waals surface area (Å²) in [5.41, 5.74) is -3.26. The van der Waals surface area contributed by atoms with Crippen molar-refractivity contribution in [2.24, 2.45) is 20.5 Å². The van der Waals surface area contributed by atoms with E-state index in [0.29, 0.717) is 12.1 Å². The summed E-state index contributed by atoms with van der Waals surface area (Å²) >= 11 is -11.3. The van der Waals surface area contributed by atoms with Crippen LogP contribution in [0.3, 0.4) is 0 Å². The molecule has 4 aromatic carbocycles. The Balaban J connectivity index is 2.06. The van der Waals surface area contributed by atoms with Crippen molar-refractivity contribution in [3.63, 3.8) is 0 Å². The third kappa shape index (κ3) is 6.84. The standard InChI is InChI=1S/C22H18As2N4O14S2/c29-21-18-11(9-16(43(37,38)39)19(21)27-25-14-7-3-1-5-12(14)23(31,32)33)10-17(44(40,41)42)20(22(18)30)28-26-15-8-4-2-6-13(15)24(34,35)36/h1-10,29-30H,(H2,31,32,33)(H2,34,35,36)(H,37,38,39)(H,40,41,42)/p-2. The Morgan fingerprint density at radius 2 is 0.932 bits per heavy atom. The van der Waals surface area contributed by atoms with Crippen LogP contribution in [0, 0.1) is 0 Å². The number of benzene rings is 4. The molecule has 0 aromatic heterocycles. The van der Waals surface area contributed by atoms with E-state index in [9.17, 15) is 60.0 Å². The van der Waals surface area contributed by atoms with Gasteiger partial charge in [0.25, 0.3) is 0 Å². The van der Waals surface area contributed by atoms with Crippen LogP contribution in [0.1, 0.15) is 0 Å². The molecule has 44 heavy (non-hydrogen) atoms. The van der Waals surface area contributed by atoms with Gasteiger partial charge in [-0.2, -0.15) is 0 Å². The van der Waals surface area contributed by atoms with Crippen molar-refractivity contribution in [1.82, 2.24) is 0 Å². The Hall–Kier alpha value is -3.68. The predicted octanol–water partition coefficient (Wildman–Crippen LogP) is 0.0120. The maximum atomic E-state index is 12.1.